The molecule has 2 nitrogen and oxygen atoms in total. The van der Waals surface area contributed by atoms with Gasteiger partial charge in [0.05, 0.1) is 17.8 Å². The molecule has 3 rings (SSSR count). The summed E-state index contributed by atoms with van der Waals surface area (Å²) in [6.45, 7) is 0. The van der Waals surface area contributed by atoms with E-state index in [0.717, 1.165) is 28.3 Å². The van der Waals surface area contributed by atoms with E-state index >= 15 is 0 Å². The summed E-state index contributed by atoms with van der Waals surface area (Å²) in [5, 5.41) is 4.43. The zero-order chi connectivity index (χ0) is 13.9. The quantitative estimate of drug-likeness (QED) is 0.835. The van der Waals surface area contributed by atoms with Gasteiger partial charge in [-0.25, -0.2) is 0 Å². The second-order valence-electron chi connectivity index (χ2n) is 6.30. The van der Waals surface area contributed by atoms with Gasteiger partial charge in [0.15, 0.2) is 0 Å². The second-order valence-corrected chi connectivity index (χ2v) is 6.71. The Morgan fingerprint density at radius 2 is 1.90 bits per heavy atom. The molecule has 2 aliphatic carbocycles. The number of rotatable bonds is 3. The first-order valence-electron chi connectivity index (χ1n) is 7.86. The molecule has 0 radical (unpaired) electrons. The van der Waals surface area contributed by atoms with E-state index in [2.05, 4.69) is 5.32 Å². The van der Waals surface area contributed by atoms with Crippen molar-refractivity contribution in [2.45, 2.75) is 51.0 Å². The van der Waals surface area contributed by atoms with Crippen molar-refractivity contribution in [3.63, 3.8) is 0 Å². The van der Waals surface area contributed by atoms with Crippen LogP contribution in [-0.2, 0) is 0 Å². The van der Waals surface area contributed by atoms with Gasteiger partial charge in [-0.3, -0.25) is 0 Å². The van der Waals surface area contributed by atoms with Crippen LogP contribution in [0.1, 0.15) is 44.9 Å². The van der Waals surface area contributed by atoms with E-state index in [0.29, 0.717) is 6.04 Å². The standard InChI is InChI=1S/C17H24ClNO/c1-20-15-8-9-16(18)17(11-15)19-14-7-6-12-4-2-3-5-13(12)10-14/h8-9,11-14,19H,2-7,10H2,1H3. The van der Waals surface area contributed by atoms with Crippen molar-refractivity contribution in [1.82, 2.24) is 0 Å². The fourth-order valence-electron chi connectivity index (χ4n) is 3.97. The Labute approximate surface area is 126 Å². The first-order chi connectivity index (χ1) is 9.76. The molecule has 2 aliphatic rings. The summed E-state index contributed by atoms with van der Waals surface area (Å²) >= 11 is 6.29. The number of hydrogen-bond donors (Lipinski definition) is 1. The molecule has 3 heteroatoms. The van der Waals surface area contributed by atoms with Crippen molar-refractivity contribution in [3.8, 4) is 5.75 Å². The Morgan fingerprint density at radius 3 is 2.70 bits per heavy atom. The highest BCUT2D eigenvalue weighted by molar-refractivity contribution is 6.33. The fraction of sp³-hybridized carbons (Fsp3) is 0.647. The van der Waals surface area contributed by atoms with Crippen LogP contribution < -0.4 is 10.1 Å². The molecule has 3 unspecified atom stereocenters. The van der Waals surface area contributed by atoms with Crippen LogP contribution in [0.3, 0.4) is 0 Å². The van der Waals surface area contributed by atoms with Crippen molar-refractivity contribution in [1.29, 1.82) is 0 Å². The Hall–Kier alpha value is -0.890. The average Bonchev–Trinajstić information content (AvgIpc) is 2.49. The zero-order valence-corrected chi connectivity index (χ0v) is 13.0. The lowest BCUT2D eigenvalue weighted by molar-refractivity contribution is 0.162. The minimum atomic E-state index is 0.568. The molecule has 0 saturated heterocycles. The number of fused-ring (bicyclic) bond motifs is 1. The number of anilines is 1. The van der Waals surface area contributed by atoms with Crippen LogP contribution >= 0.6 is 11.6 Å². The second kappa shape index (κ2) is 6.26. The normalized spacial score (nSPS) is 29.6. The van der Waals surface area contributed by atoms with Gasteiger partial charge in [-0.05, 0) is 43.2 Å². The van der Waals surface area contributed by atoms with Gasteiger partial charge >= 0.3 is 0 Å². The summed E-state index contributed by atoms with van der Waals surface area (Å²) in [5.41, 5.74) is 1.02. The van der Waals surface area contributed by atoms with Gasteiger partial charge in [0.2, 0.25) is 0 Å². The summed E-state index contributed by atoms with van der Waals surface area (Å²) in [4.78, 5) is 0. The van der Waals surface area contributed by atoms with Crippen LogP contribution in [0, 0.1) is 11.8 Å². The van der Waals surface area contributed by atoms with Crippen molar-refractivity contribution in [3.05, 3.63) is 23.2 Å². The third kappa shape index (κ3) is 3.06. The maximum Gasteiger partial charge on any atom is 0.121 e. The maximum absolute atomic E-state index is 6.29. The Kier molecular flexibility index (Phi) is 4.40. The molecule has 0 aromatic heterocycles. The Balaban J connectivity index is 1.66. The summed E-state index contributed by atoms with van der Waals surface area (Å²) in [6, 6.07) is 6.40. The molecule has 0 heterocycles. The van der Waals surface area contributed by atoms with Crippen molar-refractivity contribution < 1.29 is 4.74 Å². The highest BCUT2D eigenvalue weighted by Gasteiger charge is 2.32. The van der Waals surface area contributed by atoms with Crippen LogP contribution in [0.15, 0.2) is 18.2 Å². The molecule has 1 aromatic rings. The van der Waals surface area contributed by atoms with E-state index < -0.39 is 0 Å². The summed E-state index contributed by atoms with van der Waals surface area (Å²) in [6.07, 6.45) is 9.71. The smallest absolute Gasteiger partial charge is 0.121 e. The van der Waals surface area contributed by atoms with Crippen molar-refractivity contribution in [2.24, 2.45) is 11.8 Å². The highest BCUT2D eigenvalue weighted by atomic mass is 35.5. The molecule has 110 valence electrons. The lowest BCUT2D eigenvalue weighted by Gasteiger charge is -2.40. The monoisotopic (exact) mass is 293 g/mol. The summed E-state index contributed by atoms with van der Waals surface area (Å²) in [5.74, 6) is 2.78. The molecule has 1 N–H and O–H groups in total. The molecular weight excluding hydrogens is 270 g/mol. The fourth-order valence-corrected chi connectivity index (χ4v) is 4.14. The van der Waals surface area contributed by atoms with Gasteiger partial charge in [0.25, 0.3) is 0 Å². The van der Waals surface area contributed by atoms with Crippen LogP contribution in [0.2, 0.25) is 5.02 Å². The molecule has 20 heavy (non-hydrogen) atoms. The SMILES string of the molecule is COc1ccc(Cl)c(NC2CCC3CCCCC3C2)c1. The van der Waals surface area contributed by atoms with E-state index in [-0.39, 0.29) is 0 Å². The summed E-state index contributed by atoms with van der Waals surface area (Å²) < 4.78 is 5.29. The van der Waals surface area contributed by atoms with Crippen molar-refractivity contribution >= 4 is 17.3 Å². The first-order valence-corrected chi connectivity index (χ1v) is 8.24. The third-order valence-electron chi connectivity index (χ3n) is 5.07. The molecule has 3 atom stereocenters. The van der Waals surface area contributed by atoms with Crippen molar-refractivity contribution in [2.75, 3.05) is 12.4 Å². The molecule has 0 aliphatic heterocycles. The Bertz CT molecular complexity index is 462. The molecule has 0 spiro atoms. The molecule has 2 saturated carbocycles. The first kappa shape index (κ1) is 14.1. The predicted molar refractivity (Wildman–Crippen MR) is 84.7 cm³/mol. The van der Waals surface area contributed by atoms with E-state index in [1.807, 2.05) is 18.2 Å². The number of methoxy groups -OCH3 is 1. The molecule has 0 bridgehead atoms. The van der Waals surface area contributed by atoms with E-state index in [9.17, 15) is 0 Å². The van der Waals surface area contributed by atoms with E-state index in [4.69, 9.17) is 16.3 Å². The lowest BCUT2D eigenvalue weighted by atomic mass is 9.69. The van der Waals surface area contributed by atoms with Gasteiger partial charge in [-0.15, -0.1) is 0 Å². The minimum absolute atomic E-state index is 0.568. The molecular formula is C17H24ClNO. The topological polar surface area (TPSA) is 21.3 Å². The lowest BCUT2D eigenvalue weighted by Crippen LogP contribution is -2.34. The van der Waals surface area contributed by atoms with Crippen LogP contribution in [-0.4, -0.2) is 13.2 Å². The molecule has 2 fully saturated rings. The van der Waals surface area contributed by atoms with Gasteiger partial charge in [0, 0.05) is 12.1 Å². The number of ether oxygens (including phenoxy) is 1. The Morgan fingerprint density at radius 1 is 1.10 bits per heavy atom. The maximum atomic E-state index is 6.29. The van der Waals surface area contributed by atoms with Gasteiger partial charge < -0.3 is 10.1 Å². The van der Waals surface area contributed by atoms with Crippen LogP contribution in [0.4, 0.5) is 5.69 Å². The third-order valence-corrected chi connectivity index (χ3v) is 5.40. The van der Waals surface area contributed by atoms with Crippen LogP contribution in [0.5, 0.6) is 5.75 Å². The van der Waals surface area contributed by atoms with Gasteiger partial charge in [-0.1, -0.05) is 37.3 Å². The average molecular weight is 294 g/mol. The van der Waals surface area contributed by atoms with Gasteiger partial charge in [0.1, 0.15) is 5.75 Å². The minimum Gasteiger partial charge on any atom is -0.497 e. The predicted octanol–water partition coefficient (Wildman–Crippen LogP) is 5.12. The molecule has 0 amide bonds. The number of benzene rings is 1. The highest BCUT2D eigenvalue weighted by Crippen LogP contribution is 2.41. The number of hydrogen-bond acceptors (Lipinski definition) is 2. The van der Waals surface area contributed by atoms with Crippen LogP contribution in [0.25, 0.3) is 0 Å². The van der Waals surface area contributed by atoms with E-state index in [1.54, 1.807) is 7.11 Å². The van der Waals surface area contributed by atoms with Gasteiger partial charge in [-0.2, -0.15) is 0 Å². The summed E-state index contributed by atoms with van der Waals surface area (Å²) in [7, 11) is 1.69. The zero-order valence-electron chi connectivity index (χ0n) is 12.2. The molecule has 1 aromatic carbocycles. The van der Waals surface area contributed by atoms with E-state index in [1.165, 1.54) is 44.9 Å². The number of halogens is 1. The largest absolute Gasteiger partial charge is 0.497 e. The number of nitrogens with one attached hydrogen (secondary N) is 1.